The van der Waals surface area contributed by atoms with Crippen molar-refractivity contribution in [1.29, 1.82) is 0 Å². The summed E-state index contributed by atoms with van der Waals surface area (Å²) in [5, 5.41) is 8.32. The van der Waals surface area contributed by atoms with E-state index in [-0.39, 0.29) is 0 Å². The quantitative estimate of drug-likeness (QED) is 0.400. The molecule has 1 N–H and O–H groups in total. The topological polar surface area (TPSA) is 65.4 Å². The number of para-hydroxylation sites is 1. The van der Waals surface area contributed by atoms with Crippen LogP contribution < -0.4 is 10.1 Å². The first-order valence-electron chi connectivity index (χ1n) is 10.3. The minimum Gasteiger partial charge on any atom is -0.497 e. The van der Waals surface area contributed by atoms with E-state index in [4.69, 9.17) is 14.6 Å². The number of hydrogen-bond donors (Lipinski definition) is 1. The number of methoxy groups -OCH3 is 2. The van der Waals surface area contributed by atoms with Gasteiger partial charge in [0, 0.05) is 5.56 Å². The number of benzene rings is 3. The minimum absolute atomic E-state index is 0.376. The second-order valence-electron chi connectivity index (χ2n) is 7.40. The van der Waals surface area contributed by atoms with Gasteiger partial charge in [0.15, 0.2) is 0 Å². The lowest BCUT2D eigenvalue weighted by Crippen LogP contribution is -2.09. The van der Waals surface area contributed by atoms with Crippen molar-refractivity contribution in [2.24, 2.45) is 0 Å². The molecule has 0 bridgehead atoms. The first kappa shape index (κ1) is 21.2. The van der Waals surface area contributed by atoms with Gasteiger partial charge < -0.3 is 14.8 Å². The second kappa shape index (κ2) is 8.98. The fourth-order valence-electron chi connectivity index (χ4n) is 3.73. The molecule has 0 saturated heterocycles. The molecule has 0 unspecified atom stereocenters. The van der Waals surface area contributed by atoms with E-state index in [0.717, 1.165) is 33.9 Å². The highest BCUT2D eigenvalue weighted by atomic mass is 16.5. The Hall–Kier alpha value is -4.06. The summed E-state index contributed by atoms with van der Waals surface area (Å²) in [6, 6.07) is 23.4. The molecule has 3 aromatic carbocycles. The van der Waals surface area contributed by atoms with E-state index in [9.17, 15) is 4.79 Å². The summed E-state index contributed by atoms with van der Waals surface area (Å²) < 4.78 is 12.2. The van der Waals surface area contributed by atoms with Crippen molar-refractivity contribution in [3.8, 4) is 22.6 Å². The summed E-state index contributed by atoms with van der Waals surface area (Å²) in [5.74, 6) is 0.882. The number of hydrogen-bond acceptors (Lipinski definition) is 5. The maximum absolute atomic E-state index is 12.5. The Kier molecular flexibility index (Phi) is 5.94. The number of carbonyl (C=O) groups excluding carboxylic acids is 1. The Bertz CT molecular complexity index is 1260. The maximum atomic E-state index is 12.5. The molecule has 0 atom stereocenters. The Morgan fingerprint density at radius 1 is 0.938 bits per heavy atom. The molecule has 0 radical (unpaired) electrons. The first-order chi connectivity index (χ1) is 15.5. The number of ether oxygens (including phenoxy) is 2. The molecule has 1 aromatic heterocycles. The number of nitrogens with zero attached hydrogens (tertiary/aromatic N) is 2. The summed E-state index contributed by atoms with van der Waals surface area (Å²) in [4.78, 5) is 12.5. The molecule has 0 spiro atoms. The van der Waals surface area contributed by atoms with Gasteiger partial charge in [0.25, 0.3) is 0 Å². The van der Waals surface area contributed by atoms with E-state index in [2.05, 4.69) is 5.32 Å². The maximum Gasteiger partial charge on any atom is 0.340 e. The van der Waals surface area contributed by atoms with Crippen molar-refractivity contribution in [3.63, 3.8) is 0 Å². The van der Waals surface area contributed by atoms with Crippen molar-refractivity contribution >= 4 is 17.5 Å². The van der Waals surface area contributed by atoms with Crippen LogP contribution in [0, 0.1) is 13.8 Å². The summed E-state index contributed by atoms with van der Waals surface area (Å²) in [7, 11) is 2.93. The van der Waals surface area contributed by atoms with Crippen molar-refractivity contribution in [2.45, 2.75) is 13.8 Å². The third-order valence-corrected chi connectivity index (χ3v) is 5.35. The summed E-state index contributed by atoms with van der Waals surface area (Å²) in [5.41, 5.74) is 5.87. The van der Waals surface area contributed by atoms with E-state index >= 15 is 0 Å². The fourth-order valence-corrected chi connectivity index (χ4v) is 3.73. The van der Waals surface area contributed by atoms with Crippen LogP contribution in [0.4, 0.5) is 11.5 Å². The zero-order chi connectivity index (χ0) is 22.7. The van der Waals surface area contributed by atoms with Gasteiger partial charge in [0.2, 0.25) is 0 Å². The van der Waals surface area contributed by atoms with Crippen LogP contribution in [0.3, 0.4) is 0 Å². The highest BCUT2D eigenvalue weighted by molar-refractivity contribution is 5.98. The van der Waals surface area contributed by atoms with E-state index in [1.165, 1.54) is 7.11 Å². The Morgan fingerprint density at radius 2 is 1.66 bits per heavy atom. The molecule has 6 nitrogen and oxygen atoms in total. The van der Waals surface area contributed by atoms with Crippen LogP contribution in [0.15, 0.2) is 72.8 Å². The van der Waals surface area contributed by atoms with E-state index in [1.807, 2.05) is 79.2 Å². The van der Waals surface area contributed by atoms with Gasteiger partial charge in [-0.25, -0.2) is 9.48 Å². The lowest BCUT2D eigenvalue weighted by atomic mass is 10.1. The lowest BCUT2D eigenvalue weighted by Gasteiger charge is -2.16. The molecule has 1 heterocycles. The molecule has 0 aliphatic heterocycles. The third-order valence-electron chi connectivity index (χ3n) is 5.35. The van der Waals surface area contributed by atoms with Crippen LogP contribution in [0.25, 0.3) is 16.8 Å². The van der Waals surface area contributed by atoms with Crippen molar-refractivity contribution < 1.29 is 14.3 Å². The standard InChI is InChI=1S/C26H25N3O3/c1-17-10-8-9-13-23(17)29-25(24(18(2)28-29)19-11-6-5-7-12-19)27-22-15-14-20(31-3)16-21(22)26(30)32-4/h5-16,27H,1-4H3. The van der Waals surface area contributed by atoms with Crippen LogP contribution in [-0.2, 0) is 4.74 Å². The van der Waals surface area contributed by atoms with Gasteiger partial charge in [-0.1, -0.05) is 48.5 Å². The van der Waals surface area contributed by atoms with E-state index in [0.29, 0.717) is 17.0 Å². The van der Waals surface area contributed by atoms with E-state index < -0.39 is 5.97 Å². The Morgan fingerprint density at radius 3 is 2.34 bits per heavy atom. The largest absolute Gasteiger partial charge is 0.497 e. The Labute approximate surface area is 187 Å². The summed E-state index contributed by atoms with van der Waals surface area (Å²) >= 11 is 0. The predicted octanol–water partition coefficient (Wildman–Crippen LogP) is 5.69. The molecular formula is C26H25N3O3. The summed E-state index contributed by atoms with van der Waals surface area (Å²) in [6.45, 7) is 4.03. The predicted molar refractivity (Wildman–Crippen MR) is 126 cm³/mol. The van der Waals surface area contributed by atoms with Crippen molar-refractivity contribution in [1.82, 2.24) is 9.78 Å². The molecule has 4 rings (SSSR count). The molecule has 4 aromatic rings. The van der Waals surface area contributed by atoms with Gasteiger partial charge in [0.05, 0.1) is 36.9 Å². The minimum atomic E-state index is -0.452. The molecule has 0 fully saturated rings. The SMILES string of the molecule is COC(=O)c1cc(OC)ccc1Nc1c(-c2ccccc2)c(C)nn1-c1ccccc1C. The fraction of sp³-hybridized carbons (Fsp3) is 0.154. The molecule has 0 amide bonds. The summed E-state index contributed by atoms with van der Waals surface area (Å²) in [6.07, 6.45) is 0. The molecule has 32 heavy (non-hydrogen) atoms. The molecule has 6 heteroatoms. The average molecular weight is 428 g/mol. The number of esters is 1. The van der Waals surface area contributed by atoms with Crippen molar-refractivity contribution in [3.05, 3.63) is 89.6 Å². The lowest BCUT2D eigenvalue weighted by molar-refractivity contribution is 0.0601. The molecular weight excluding hydrogens is 402 g/mol. The van der Waals surface area contributed by atoms with E-state index in [1.54, 1.807) is 19.2 Å². The molecule has 0 aliphatic rings. The Balaban J connectivity index is 1.94. The molecule has 0 aliphatic carbocycles. The number of aromatic nitrogens is 2. The van der Waals surface area contributed by atoms with Gasteiger partial charge in [0.1, 0.15) is 11.6 Å². The number of nitrogens with one attached hydrogen (secondary N) is 1. The zero-order valence-electron chi connectivity index (χ0n) is 18.5. The van der Waals surface area contributed by atoms with Gasteiger partial charge >= 0.3 is 5.97 Å². The van der Waals surface area contributed by atoms with Crippen LogP contribution in [-0.4, -0.2) is 30.0 Å². The molecule has 0 saturated carbocycles. The van der Waals surface area contributed by atoms with Crippen LogP contribution >= 0.6 is 0 Å². The first-order valence-corrected chi connectivity index (χ1v) is 10.3. The van der Waals surface area contributed by atoms with Crippen LogP contribution in [0.5, 0.6) is 5.75 Å². The van der Waals surface area contributed by atoms with Crippen LogP contribution in [0.2, 0.25) is 0 Å². The van der Waals surface area contributed by atoms with Gasteiger partial charge in [-0.3, -0.25) is 0 Å². The third kappa shape index (κ3) is 3.95. The second-order valence-corrected chi connectivity index (χ2v) is 7.40. The smallest absolute Gasteiger partial charge is 0.340 e. The monoisotopic (exact) mass is 427 g/mol. The highest BCUT2D eigenvalue weighted by Crippen LogP contribution is 2.37. The van der Waals surface area contributed by atoms with Gasteiger partial charge in [-0.05, 0) is 49.2 Å². The normalized spacial score (nSPS) is 10.6. The number of rotatable bonds is 6. The number of carbonyl (C=O) groups is 1. The molecule has 162 valence electrons. The zero-order valence-corrected chi connectivity index (χ0v) is 18.5. The highest BCUT2D eigenvalue weighted by Gasteiger charge is 2.22. The number of aryl methyl sites for hydroxylation is 2. The number of anilines is 2. The van der Waals surface area contributed by atoms with Gasteiger partial charge in [-0.15, -0.1) is 0 Å². The van der Waals surface area contributed by atoms with Gasteiger partial charge in [-0.2, -0.15) is 5.10 Å². The van der Waals surface area contributed by atoms with Crippen molar-refractivity contribution in [2.75, 3.05) is 19.5 Å². The van der Waals surface area contributed by atoms with Crippen LogP contribution in [0.1, 0.15) is 21.6 Å². The average Bonchev–Trinajstić information content (AvgIpc) is 3.15.